The average molecular weight is 951 g/mol. The van der Waals surface area contributed by atoms with Crippen LogP contribution in [0.4, 0.5) is 0 Å². The lowest BCUT2D eigenvalue weighted by molar-refractivity contribution is 0.661. The van der Waals surface area contributed by atoms with Gasteiger partial charge in [-0.3, -0.25) is 4.57 Å². The number of hydrogen-bond donors (Lipinski definition) is 0. The number of aromatic nitrogens is 4. The smallest absolute Gasteiger partial charge is 0.238 e. The second kappa shape index (κ2) is 19.4. The van der Waals surface area contributed by atoms with Gasteiger partial charge in [0, 0.05) is 38.3 Å². The first-order chi connectivity index (χ1) is 36.5. The molecule has 1 aliphatic rings. The standard InChI is InChI=1S/C62H42N4.C6H6.C2H6/c1-62(2)54-36-34-47(38-53(54)56-48-20-11-9-18-43(48)33-37-55(56)62)50-22-13-23-51-52-35-32-44-19-10-12-21-49(44)57(52)66(58(50)51)61-64-59(45-28-24-41(25-29-45)39-14-5-3-6-15-39)63-60(65-61)46-30-26-42(27-31-46)40-16-7-4-8-17-40;1-2-4-6-5-3-1;1-2/h3-38H,1-2H3;1-6H;1-2H3. The van der Waals surface area contributed by atoms with Crippen LogP contribution in [-0.4, -0.2) is 19.5 Å². The fraction of sp³-hybridized carbons (Fsp3) is 0.0714. The number of fused-ring (bicyclic) bond motifs is 10. The first-order valence-electron chi connectivity index (χ1n) is 25.7. The van der Waals surface area contributed by atoms with E-state index in [1.54, 1.807) is 0 Å². The van der Waals surface area contributed by atoms with E-state index < -0.39 is 0 Å². The molecule has 0 saturated heterocycles. The summed E-state index contributed by atoms with van der Waals surface area (Å²) in [6, 6.07) is 90.5. The Hall–Kier alpha value is -9.25. The van der Waals surface area contributed by atoms with Crippen molar-refractivity contribution in [2.24, 2.45) is 0 Å². The van der Waals surface area contributed by atoms with Gasteiger partial charge in [0.2, 0.25) is 5.95 Å². The third kappa shape index (κ3) is 8.11. The minimum atomic E-state index is -0.136. The van der Waals surface area contributed by atoms with Crippen molar-refractivity contribution in [2.75, 3.05) is 0 Å². The fourth-order valence-corrected chi connectivity index (χ4v) is 10.9. The molecule has 0 spiro atoms. The quantitative estimate of drug-likeness (QED) is 0.167. The SMILES string of the molecule is CC.CC1(C)c2ccc(-c3cccc4c5ccc6ccccc6c5n(-c5nc(-c6ccc(-c7ccccc7)cc6)nc(-c6ccc(-c7ccccc7)cc6)n5)c34)cc2-c2c1ccc1ccccc21.c1ccccc1. The van der Waals surface area contributed by atoms with E-state index in [9.17, 15) is 0 Å². The van der Waals surface area contributed by atoms with Crippen molar-refractivity contribution >= 4 is 43.4 Å². The summed E-state index contributed by atoms with van der Waals surface area (Å²) >= 11 is 0. The van der Waals surface area contributed by atoms with Crippen molar-refractivity contribution in [3.8, 4) is 73.2 Å². The molecule has 354 valence electrons. The first-order valence-corrected chi connectivity index (χ1v) is 25.7. The molecule has 74 heavy (non-hydrogen) atoms. The maximum absolute atomic E-state index is 5.46. The van der Waals surface area contributed by atoms with Crippen LogP contribution in [0, 0.1) is 0 Å². The van der Waals surface area contributed by atoms with Crippen LogP contribution < -0.4 is 0 Å². The van der Waals surface area contributed by atoms with Gasteiger partial charge in [0.1, 0.15) is 0 Å². The minimum absolute atomic E-state index is 0.136. The molecule has 0 bridgehead atoms. The van der Waals surface area contributed by atoms with Gasteiger partial charge < -0.3 is 0 Å². The van der Waals surface area contributed by atoms with Crippen LogP contribution in [0.5, 0.6) is 0 Å². The highest BCUT2D eigenvalue weighted by atomic mass is 15.2. The fourth-order valence-electron chi connectivity index (χ4n) is 10.9. The lowest BCUT2D eigenvalue weighted by Crippen LogP contribution is -2.14. The van der Waals surface area contributed by atoms with Gasteiger partial charge in [0.25, 0.3) is 0 Å². The highest BCUT2D eigenvalue weighted by molar-refractivity contribution is 6.21. The van der Waals surface area contributed by atoms with Gasteiger partial charge in [-0.15, -0.1) is 0 Å². The van der Waals surface area contributed by atoms with Crippen LogP contribution in [0.2, 0.25) is 0 Å². The zero-order valence-corrected chi connectivity index (χ0v) is 42.0. The summed E-state index contributed by atoms with van der Waals surface area (Å²) < 4.78 is 2.31. The van der Waals surface area contributed by atoms with Gasteiger partial charge in [0.05, 0.1) is 11.0 Å². The predicted molar refractivity (Wildman–Crippen MR) is 312 cm³/mol. The summed E-state index contributed by atoms with van der Waals surface area (Å²) in [6.45, 7) is 8.71. The van der Waals surface area contributed by atoms with Crippen LogP contribution in [0.1, 0.15) is 38.8 Å². The zero-order valence-electron chi connectivity index (χ0n) is 42.0. The van der Waals surface area contributed by atoms with E-state index in [4.69, 9.17) is 15.0 Å². The third-order valence-corrected chi connectivity index (χ3v) is 14.5. The second-order valence-corrected chi connectivity index (χ2v) is 19.1. The van der Waals surface area contributed by atoms with E-state index in [0.29, 0.717) is 17.6 Å². The van der Waals surface area contributed by atoms with Crippen LogP contribution in [0.25, 0.3) is 117 Å². The third-order valence-electron chi connectivity index (χ3n) is 14.5. The molecule has 14 rings (SSSR count). The highest BCUT2D eigenvalue weighted by Crippen LogP contribution is 2.53. The predicted octanol–water partition coefficient (Wildman–Crippen LogP) is 18.6. The summed E-state index contributed by atoms with van der Waals surface area (Å²) in [7, 11) is 0. The Morgan fingerprint density at radius 3 is 1.34 bits per heavy atom. The van der Waals surface area contributed by atoms with Crippen molar-refractivity contribution in [1.29, 1.82) is 0 Å². The lowest BCUT2D eigenvalue weighted by Gasteiger charge is -2.21. The zero-order chi connectivity index (χ0) is 50.2. The summed E-state index contributed by atoms with van der Waals surface area (Å²) in [6.07, 6.45) is 0. The molecule has 0 saturated carbocycles. The van der Waals surface area contributed by atoms with Crippen molar-refractivity contribution < 1.29 is 0 Å². The molecule has 4 nitrogen and oxygen atoms in total. The molecule has 13 aromatic rings. The monoisotopic (exact) mass is 950 g/mol. The molecule has 0 aliphatic heterocycles. The van der Waals surface area contributed by atoms with E-state index in [2.05, 4.69) is 225 Å². The van der Waals surface area contributed by atoms with Crippen molar-refractivity contribution in [2.45, 2.75) is 33.1 Å². The second-order valence-electron chi connectivity index (χ2n) is 19.1. The molecular formula is C70H54N4. The highest BCUT2D eigenvalue weighted by Gasteiger charge is 2.37. The Morgan fingerprint density at radius 2 is 0.743 bits per heavy atom. The molecule has 1 aliphatic carbocycles. The van der Waals surface area contributed by atoms with Crippen LogP contribution in [0.15, 0.2) is 255 Å². The number of nitrogens with zero attached hydrogens (tertiary/aromatic N) is 4. The molecule has 0 radical (unpaired) electrons. The van der Waals surface area contributed by atoms with Crippen molar-refractivity contribution in [3.63, 3.8) is 0 Å². The van der Waals surface area contributed by atoms with E-state index in [1.165, 1.54) is 33.0 Å². The van der Waals surface area contributed by atoms with Gasteiger partial charge in [-0.05, 0) is 72.3 Å². The van der Waals surface area contributed by atoms with Gasteiger partial charge in [-0.1, -0.05) is 276 Å². The van der Waals surface area contributed by atoms with E-state index in [0.717, 1.165) is 77.1 Å². The Balaban J connectivity index is 0.000000644. The van der Waals surface area contributed by atoms with Crippen LogP contribution >= 0.6 is 0 Å². The summed E-state index contributed by atoms with van der Waals surface area (Å²) in [4.78, 5) is 16.2. The number of rotatable bonds is 6. The van der Waals surface area contributed by atoms with Gasteiger partial charge in [-0.2, -0.15) is 9.97 Å². The molecule has 2 aromatic heterocycles. The van der Waals surface area contributed by atoms with E-state index in [1.807, 2.05) is 62.4 Å². The molecule has 0 atom stereocenters. The summed E-state index contributed by atoms with van der Waals surface area (Å²) in [5.74, 6) is 1.78. The minimum Gasteiger partial charge on any atom is -0.277 e. The van der Waals surface area contributed by atoms with Crippen LogP contribution in [0.3, 0.4) is 0 Å². The lowest BCUT2D eigenvalue weighted by atomic mass is 9.82. The number of benzene rings is 11. The average Bonchev–Trinajstić information content (AvgIpc) is 3.95. The van der Waals surface area contributed by atoms with E-state index in [-0.39, 0.29) is 5.41 Å². The maximum atomic E-state index is 5.46. The molecule has 2 heterocycles. The molecule has 0 amide bonds. The van der Waals surface area contributed by atoms with E-state index >= 15 is 0 Å². The number of para-hydroxylation sites is 1. The summed E-state index contributed by atoms with van der Waals surface area (Å²) in [5, 5.41) is 7.12. The molecule has 4 heteroatoms. The van der Waals surface area contributed by atoms with Crippen LogP contribution in [-0.2, 0) is 5.41 Å². The first kappa shape index (κ1) is 45.9. The number of hydrogen-bond acceptors (Lipinski definition) is 3. The molecule has 11 aromatic carbocycles. The molecular weight excluding hydrogens is 897 g/mol. The Kier molecular flexibility index (Phi) is 12.0. The summed E-state index contributed by atoms with van der Waals surface area (Å²) in [5.41, 5.74) is 16.0. The van der Waals surface area contributed by atoms with Crippen molar-refractivity contribution in [3.05, 3.63) is 266 Å². The van der Waals surface area contributed by atoms with Crippen molar-refractivity contribution in [1.82, 2.24) is 19.5 Å². The Labute approximate surface area is 433 Å². The molecule has 0 unspecified atom stereocenters. The maximum Gasteiger partial charge on any atom is 0.238 e. The largest absolute Gasteiger partial charge is 0.277 e. The molecule has 0 N–H and O–H groups in total. The molecule has 0 fully saturated rings. The van der Waals surface area contributed by atoms with Gasteiger partial charge in [-0.25, -0.2) is 4.98 Å². The Bertz CT molecular complexity index is 4010. The van der Waals surface area contributed by atoms with Gasteiger partial charge in [0.15, 0.2) is 11.6 Å². The Morgan fingerprint density at radius 1 is 0.311 bits per heavy atom. The normalized spacial score (nSPS) is 12.2. The topological polar surface area (TPSA) is 43.6 Å². The van der Waals surface area contributed by atoms with Gasteiger partial charge >= 0.3 is 0 Å².